The number of aliphatic hydroxyl groups is 1. The topological polar surface area (TPSA) is 57.5 Å². The Hall–Kier alpha value is -1.51. The van der Waals surface area contributed by atoms with Gasteiger partial charge in [0.05, 0.1) is 0 Å². The third-order valence-electron chi connectivity index (χ3n) is 4.80. The van der Waals surface area contributed by atoms with Crippen LogP contribution in [-0.2, 0) is 4.79 Å². The van der Waals surface area contributed by atoms with Crippen LogP contribution >= 0.6 is 0 Å². The van der Waals surface area contributed by atoms with E-state index in [0.717, 1.165) is 16.7 Å². The Kier molecular flexibility index (Phi) is 3.63. The number of aliphatic carboxylic acids is 1. The van der Waals surface area contributed by atoms with Gasteiger partial charge >= 0.3 is 5.97 Å². The summed E-state index contributed by atoms with van der Waals surface area (Å²) in [6.45, 7) is 14.7. The molecule has 0 aromatic rings. The summed E-state index contributed by atoms with van der Waals surface area (Å²) in [5.41, 5.74) is 2.88. The van der Waals surface area contributed by atoms with Crippen molar-refractivity contribution in [3.63, 3.8) is 0 Å². The summed E-state index contributed by atoms with van der Waals surface area (Å²) in [5.74, 6) is -0.409. The smallest absolute Gasteiger partial charge is 0.331 e. The highest BCUT2D eigenvalue weighted by Gasteiger charge is 2.46. The number of hydrogen-bond acceptors (Lipinski definition) is 2. The molecule has 0 aromatic carbocycles. The van der Waals surface area contributed by atoms with Crippen molar-refractivity contribution in [1.29, 1.82) is 0 Å². The van der Waals surface area contributed by atoms with Gasteiger partial charge in [-0.05, 0) is 34.0 Å². The Bertz CT molecular complexity index is 618. The molecule has 0 saturated carbocycles. The van der Waals surface area contributed by atoms with Crippen LogP contribution in [0.5, 0.6) is 0 Å². The van der Waals surface area contributed by atoms with E-state index in [2.05, 4.69) is 54.5 Å². The van der Waals surface area contributed by atoms with Gasteiger partial charge in [-0.25, -0.2) is 4.79 Å². The number of hydrogen-bond donors (Lipinski definition) is 2. The molecule has 2 rings (SSSR count). The van der Waals surface area contributed by atoms with E-state index >= 15 is 0 Å². The Labute approximate surface area is 133 Å². The summed E-state index contributed by atoms with van der Waals surface area (Å²) in [7, 11) is 0. The first-order valence-corrected chi connectivity index (χ1v) is 7.89. The Morgan fingerprint density at radius 3 is 2.05 bits per heavy atom. The van der Waals surface area contributed by atoms with Crippen molar-refractivity contribution in [2.45, 2.75) is 61.3 Å². The predicted octanol–water partition coefficient (Wildman–Crippen LogP) is 5.01. The highest BCUT2D eigenvalue weighted by atomic mass is 16.4. The van der Waals surface area contributed by atoms with Crippen LogP contribution in [0.4, 0.5) is 0 Å². The van der Waals surface area contributed by atoms with Gasteiger partial charge in [0.25, 0.3) is 0 Å². The lowest BCUT2D eigenvalue weighted by molar-refractivity contribution is -0.132. The third kappa shape index (κ3) is 2.86. The van der Waals surface area contributed by atoms with E-state index < -0.39 is 5.97 Å². The molecular weight excluding hydrogens is 276 g/mol. The first kappa shape index (κ1) is 16.9. The van der Waals surface area contributed by atoms with Crippen molar-refractivity contribution in [3.05, 3.63) is 34.1 Å². The Balaban J connectivity index is 2.59. The molecule has 1 unspecified atom stereocenters. The number of aliphatic hydroxyl groups excluding tert-OH is 1. The van der Waals surface area contributed by atoms with Crippen LogP contribution in [0.3, 0.4) is 0 Å². The molecule has 0 bridgehead atoms. The van der Waals surface area contributed by atoms with Crippen LogP contribution in [0.15, 0.2) is 34.1 Å². The van der Waals surface area contributed by atoms with Gasteiger partial charge in [0.2, 0.25) is 0 Å². The van der Waals surface area contributed by atoms with Crippen LogP contribution in [0, 0.1) is 16.2 Å². The summed E-state index contributed by atoms with van der Waals surface area (Å²) in [6, 6.07) is 0. The van der Waals surface area contributed by atoms with Crippen LogP contribution in [0.25, 0.3) is 0 Å². The minimum Gasteiger partial charge on any atom is -0.508 e. The summed E-state index contributed by atoms with van der Waals surface area (Å²) >= 11 is 0. The fourth-order valence-electron chi connectivity index (χ4n) is 3.32. The number of carboxylic acids is 1. The predicted molar refractivity (Wildman–Crippen MR) is 88.7 cm³/mol. The zero-order valence-electron chi connectivity index (χ0n) is 14.8. The molecule has 2 aliphatic rings. The molecule has 0 saturated heterocycles. The summed E-state index contributed by atoms with van der Waals surface area (Å²) in [4.78, 5) is 11.2. The fraction of sp³-hybridized carbons (Fsp3) is 0.632. The highest BCUT2D eigenvalue weighted by molar-refractivity contribution is 5.94. The van der Waals surface area contributed by atoms with Gasteiger partial charge in [0.15, 0.2) is 0 Å². The number of carbonyl (C=O) groups is 1. The van der Waals surface area contributed by atoms with E-state index in [1.807, 2.05) is 0 Å². The second kappa shape index (κ2) is 4.74. The standard InChI is InChI=1S/C19H28O3/c1-17(2,3)13-9-19(7,12-8-11(12)16(21)22)10-14(15(13)20)18(4,5)6/h9,20H,8,10H2,1-7H3,(H,21,22). The molecule has 0 aliphatic heterocycles. The molecule has 3 nitrogen and oxygen atoms in total. The highest BCUT2D eigenvalue weighted by Crippen LogP contribution is 2.56. The van der Waals surface area contributed by atoms with Gasteiger partial charge in [0, 0.05) is 17.4 Å². The van der Waals surface area contributed by atoms with Crippen molar-refractivity contribution in [2.24, 2.45) is 16.2 Å². The molecule has 0 spiro atoms. The minimum absolute atomic E-state index is 0.144. The second-order valence-electron chi connectivity index (χ2n) is 8.92. The molecule has 0 heterocycles. The van der Waals surface area contributed by atoms with Crippen molar-refractivity contribution < 1.29 is 15.0 Å². The Morgan fingerprint density at radius 1 is 1.14 bits per heavy atom. The largest absolute Gasteiger partial charge is 0.508 e. The molecule has 0 aromatic heterocycles. The number of allylic oxidation sites excluding steroid dienone is 4. The van der Waals surface area contributed by atoms with Crippen LogP contribution in [0.1, 0.15) is 61.3 Å². The van der Waals surface area contributed by atoms with Crippen molar-refractivity contribution in [3.8, 4) is 0 Å². The lowest BCUT2D eigenvalue weighted by Crippen LogP contribution is -2.29. The summed E-state index contributed by atoms with van der Waals surface area (Å²) in [5, 5.41) is 20.0. The monoisotopic (exact) mass is 304 g/mol. The number of rotatable bonds is 2. The normalized spacial score (nSPS) is 26.2. The molecule has 0 amide bonds. The average molecular weight is 304 g/mol. The first-order valence-electron chi connectivity index (χ1n) is 7.89. The molecule has 1 atom stereocenters. The molecule has 22 heavy (non-hydrogen) atoms. The van der Waals surface area contributed by atoms with E-state index in [4.69, 9.17) is 0 Å². The van der Waals surface area contributed by atoms with Gasteiger partial charge in [-0.2, -0.15) is 0 Å². The van der Waals surface area contributed by atoms with E-state index in [0.29, 0.717) is 24.2 Å². The first-order chi connectivity index (χ1) is 9.77. The van der Waals surface area contributed by atoms with Gasteiger partial charge in [0.1, 0.15) is 5.76 Å². The molecular formula is C19H28O3. The minimum atomic E-state index is -0.807. The van der Waals surface area contributed by atoms with Gasteiger partial charge < -0.3 is 10.2 Å². The lowest BCUT2D eigenvalue weighted by Gasteiger charge is -2.40. The summed E-state index contributed by atoms with van der Waals surface area (Å²) in [6.07, 6.45) is 3.37. The molecule has 2 aliphatic carbocycles. The van der Waals surface area contributed by atoms with Crippen molar-refractivity contribution in [1.82, 2.24) is 0 Å². The fourth-order valence-corrected chi connectivity index (χ4v) is 3.32. The van der Waals surface area contributed by atoms with E-state index in [9.17, 15) is 15.0 Å². The van der Waals surface area contributed by atoms with E-state index in [-0.39, 0.29) is 16.2 Å². The average Bonchev–Trinajstić information content (AvgIpc) is 3.09. The molecule has 0 fully saturated rings. The SMILES string of the molecule is CC(C)(C)C1=CC(C)(C2=C(C(=O)O)C2)CC(C(C)(C)C)=C1O. The van der Waals surface area contributed by atoms with E-state index in [1.54, 1.807) is 0 Å². The number of carboxylic acid groups (broad SMARTS) is 1. The maximum Gasteiger partial charge on any atom is 0.331 e. The maximum absolute atomic E-state index is 11.2. The van der Waals surface area contributed by atoms with Gasteiger partial charge in [-0.15, -0.1) is 0 Å². The quantitative estimate of drug-likeness (QED) is 0.753. The lowest BCUT2D eigenvalue weighted by atomic mass is 9.65. The van der Waals surface area contributed by atoms with E-state index in [1.165, 1.54) is 0 Å². The summed E-state index contributed by atoms with van der Waals surface area (Å²) < 4.78 is 0. The maximum atomic E-state index is 11.2. The molecule has 0 radical (unpaired) electrons. The second-order valence-corrected chi connectivity index (χ2v) is 8.92. The molecule has 122 valence electrons. The zero-order valence-corrected chi connectivity index (χ0v) is 14.8. The third-order valence-corrected chi connectivity index (χ3v) is 4.80. The van der Waals surface area contributed by atoms with Crippen LogP contribution < -0.4 is 0 Å². The van der Waals surface area contributed by atoms with Crippen LogP contribution in [-0.4, -0.2) is 16.2 Å². The van der Waals surface area contributed by atoms with Crippen molar-refractivity contribution >= 4 is 5.97 Å². The van der Waals surface area contributed by atoms with Crippen LogP contribution in [0.2, 0.25) is 0 Å². The van der Waals surface area contributed by atoms with Gasteiger partial charge in [-0.1, -0.05) is 54.5 Å². The Morgan fingerprint density at radius 2 is 1.68 bits per heavy atom. The van der Waals surface area contributed by atoms with Gasteiger partial charge in [-0.3, -0.25) is 0 Å². The molecule has 2 N–H and O–H groups in total. The zero-order chi connectivity index (χ0) is 17.1. The van der Waals surface area contributed by atoms with Crippen molar-refractivity contribution in [2.75, 3.05) is 0 Å². The molecule has 3 heteroatoms.